The van der Waals surface area contributed by atoms with Crippen molar-refractivity contribution < 1.29 is 9.90 Å². The van der Waals surface area contributed by atoms with E-state index in [4.69, 9.17) is 28.3 Å². The maximum atomic E-state index is 11.0. The third-order valence-corrected chi connectivity index (χ3v) is 4.00. The zero-order valence-electron chi connectivity index (χ0n) is 9.93. The molecule has 0 radical (unpaired) electrons. The first kappa shape index (κ1) is 14.1. The number of carboxylic acid groups (broad SMARTS) is 1. The highest BCUT2D eigenvalue weighted by molar-refractivity contribution is 7.16. The predicted molar refractivity (Wildman–Crippen MR) is 77.6 cm³/mol. The number of hydrogen-bond acceptors (Lipinski definition) is 4. The van der Waals surface area contributed by atoms with Gasteiger partial charge in [-0.25, -0.2) is 9.78 Å². The van der Waals surface area contributed by atoms with Crippen LogP contribution in [0, 0.1) is 0 Å². The molecule has 19 heavy (non-hydrogen) atoms. The van der Waals surface area contributed by atoms with Gasteiger partial charge in [0.1, 0.15) is 5.82 Å². The Morgan fingerprint density at radius 3 is 2.79 bits per heavy atom. The Hall–Kier alpha value is -1.30. The van der Waals surface area contributed by atoms with Gasteiger partial charge in [0.15, 0.2) is 0 Å². The first-order valence-electron chi connectivity index (χ1n) is 5.31. The number of carboxylic acids is 1. The van der Waals surface area contributed by atoms with E-state index in [0.29, 0.717) is 12.4 Å². The molecule has 0 bridgehead atoms. The fourth-order valence-electron chi connectivity index (χ4n) is 1.55. The van der Waals surface area contributed by atoms with Crippen LogP contribution in [0.25, 0.3) is 0 Å². The van der Waals surface area contributed by atoms with E-state index in [1.807, 2.05) is 24.1 Å². The molecule has 2 rings (SSSR count). The van der Waals surface area contributed by atoms with Gasteiger partial charge < -0.3 is 10.0 Å². The molecule has 0 aromatic carbocycles. The Balaban J connectivity index is 2.21. The number of hydrogen-bond donors (Lipinski definition) is 1. The van der Waals surface area contributed by atoms with Crippen molar-refractivity contribution in [3.05, 3.63) is 44.2 Å². The zero-order chi connectivity index (χ0) is 14.0. The quantitative estimate of drug-likeness (QED) is 0.932. The van der Waals surface area contributed by atoms with Crippen LogP contribution in [-0.2, 0) is 6.54 Å². The summed E-state index contributed by atoms with van der Waals surface area (Å²) in [5, 5.41) is 9.15. The molecule has 0 saturated carbocycles. The van der Waals surface area contributed by atoms with E-state index in [1.54, 1.807) is 0 Å². The third kappa shape index (κ3) is 3.37. The van der Waals surface area contributed by atoms with Crippen LogP contribution < -0.4 is 4.90 Å². The van der Waals surface area contributed by atoms with Crippen LogP contribution >= 0.6 is 34.5 Å². The molecule has 2 heterocycles. The number of thiophene rings is 1. The van der Waals surface area contributed by atoms with Crippen molar-refractivity contribution in [3.8, 4) is 0 Å². The van der Waals surface area contributed by atoms with Gasteiger partial charge in [-0.3, -0.25) is 0 Å². The van der Waals surface area contributed by atoms with Crippen molar-refractivity contribution in [2.75, 3.05) is 11.9 Å². The lowest BCUT2D eigenvalue weighted by atomic mass is 10.2. The second-order valence-electron chi connectivity index (χ2n) is 3.89. The summed E-state index contributed by atoms with van der Waals surface area (Å²) < 4.78 is 0.721. The fourth-order valence-corrected chi connectivity index (χ4v) is 2.88. The normalized spacial score (nSPS) is 10.5. The Kier molecular flexibility index (Phi) is 4.29. The number of aromatic nitrogens is 1. The first-order chi connectivity index (χ1) is 8.97. The van der Waals surface area contributed by atoms with Crippen molar-refractivity contribution in [2.45, 2.75) is 6.54 Å². The molecule has 7 heteroatoms. The van der Waals surface area contributed by atoms with Gasteiger partial charge in [0.25, 0.3) is 0 Å². The number of pyridine rings is 1. The molecule has 0 atom stereocenters. The fraction of sp³-hybridized carbons (Fsp3) is 0.167. The molecule has 0 aliphatic carbocycles. The molecule has 0 unspecified atom stereocenters. The lowest BCUT2D eigenvalue weighted by molar-refractivity contribution is 0.0697. The molecule has 1 N–H and O–H groups in total. The summed E-state index contributed by atoms with van der Waals surface area (Å²) in [6.45, 7) is 0.602. The number of halogens is 2. The monoisotopic (exact) mass is 316 g/mol. The number of carbonyl (C=O) groups is 1. The van der Waals surface area contributed by atoms with Gasteiger partial charge in [0.2, 0.25) is 0 Å². The second kappa shape index (κ2) is 5.77. The molecular weight excluding hydrogens is 307 g/mol. The van der Waals surface area contributed by atoms with Crippen molar-refractivity contribution in [3.63, 3.8) is 0 Å². The van der Waals surface area contributed by atoms with Gasteiger partial charge >= 0.3 is 5.97 Å². The average Bonchev–Trinajstić information content (AvgIpc) is 2.74. The standard InChI is InChI=1S/C12H10Cl2N2O2S/c1-16(6-7-2-3-10(14)19-7)11-4-8(12(17)18)9(13)5-15-11/h2-5H,6H2,1H3,(H,17,18). The molecular formula is C12H10Cl2N2O2S. The van der Waals surface area contributed by atoms with E-state index in [1.165, 1.54) is 23.6 Å². The highest BCUT2D eigenvalue weighted by Crippen LogP contribution is 2.25. The van der Waals surface area contributed by atoms with Gasteiger partial charge in [-0.05, 0) is 18.2 Å². The Morgan fingerprint density at radius 1 is 1.47 bits per heavy atom. The van der Waals surface area contributed by atoms with E-state index >= 15 is 0 Å². The molecule has 0 aliphatic heterocycles. The van der Waals surface area contributed by atoms with E-state index < -0.39 is 5.97 Å². The van der Waals surface area contributed by atoms with Crippen molar-refractivity contribution in [2.24, 2.45) is 0 Å². The van der Waals surface area contributed by atoms with E-state index in [2.05, 4.69) is 4.98 Å². The highest BCUT2D eigenvalue weighted by Gasteiger charge is 2.13. The first-order valence-corrected chi connectivity index (χ1v) is 6.89. The van der Waals surface area contributed by atoms with E-state index in [9.17, 15) is 4.79 Å². The number of rotatable bonds is 4. The average molecular weight is 317 g/mol. The largest absolute Gasteiger partial charge is 0.478 e. The maximum Gasteiger partial charge on any atom is 0.337 e. The minimum atomic E-state index is -1.07. The second-order valence-corrected chi connectivity index (χ2v) is 6.10. The molecule has 0 saturated heterocycles. The Morgan fingerprint density at radius 2 is 2.21 bits per heavy atom. The number of aromatic carboxylic acids is 1. The number of anilines is 1. The van der Waals surface area contributed by atoms with E-state index in [0.717, 1.165) is 9.21 Å². The number of nitrogens with zero attached hydrogens (tertiary/aromatic N) is 2. The van der Waals surface area contributed by atoms with Gasteiger partial charge in [0.05, 0.1) is 21.5 Å². The van der Waals surface area contributed by atoms with Gasteiger partial charge in [-0.15, -0.1) is 11.3 Å². The van der Waals surface area contributed by atoms with Crippen LogP contribution in [0.1, 0.15) is 15.2 Å². The predicted octanol–water partition coefficient (Wildman–Crippen LogP) is 3.78. The lowest BCUT2D eigenvalue weighted by Gasteiger charge is -2.17. The SMILES string of the molecule is CN(Cc1ccc(Cl)s1)c1cc(C(=O)O)c(Cl)cn1. The minimum absolute atomic E-state index is 0.0442. The summed E-state index contributed by atoms with van der Waals surface area (Å²) in [5.74, 6) is -0.521. The molecule has 0 fully saturated rings. The van der Waals surface area contributed by atoms with Crippen molar-refractivity contribution in [1.29, 1.82) is 0 Å². The summed E-state index contributed by atoms with van der Waals surface area (Å²) in [6, 6.07) is 5.21. The molecule has 0 spiro atoms. The van der Waals surface area contributed by atoms with Crippen LogP contribution in [0.5, 0.6) is 0 Å². The van der Waals surface area contributed by atoms with Gasteiger partial charge in [-0.1, -0.05) is 23.2 Å². The van der Waals surface area contributed by atoms with Crippen molar-refractivity contribution >= 4 is 46.3 Å². The highest BCUT2D eigenvalue weighted by atomic mass is 35.5. The lowest BCUT2D eigenvalue weighted by Crippen LogP contribution is -2.17. The smallest absolute Gasteiger partial charge is 0.337 e. The molecule has 0 amide bonds. The van der Waals surface area contributed by atoms with Crippen molar-refractivity contribution in [1.82, 2.24) is 4.98 Å². The molecule has 100 valence electrons. The van der Waals surface area contributed by atoms with E-state index in [-0.39, 0.29) is 10.6 Å². The molecule has 2 aromatic heterocycles. The van der Waals surface area contributed by atoms with Gasteiger partial charge in [-0.2, -0.15) is 0 Å². The molecule has 0 aliphatic rings. The summed E-state index contributed by atoms with van der Waals surface area (Å²) in [5.41, 5.74) is 0.0442. The van der Waals surface area contributed by atoms with Crippen LogP contribution in [-0.4, -0.2) is 23.1 Å². The van der Waals surface area contributed by atoms with Crippen LogP contribution in [0.4, 0.5) is 5.82 Å². The molecule has 2 aromatic rings. The Labute approximate surface area is 124 Å². The summed E-state index contributed by atoms with van der Waals surface area (Å²) >= 11 is 13.1. The summed E-state index contributed by atoms with van der Waals surface area (Å²) in [4.78, 5) is 18.0. The van der Waals surface area contributed by atoms with Crippen LogP contribution in [0.2, 0.25) is 9.36 Å². The van der Waals surface area contributed by atoms with Crippen LogP contribution in [0.15, 0.2) is 24.4 Å². The van der Waals surface area contributed by atoms with Gasteiger partial charge in [0, 0.05) is 18.1 Å². The Bertz CT molecular complexity index is 616. The summed E-state index contributed by atoms with van der Waals surface area (Å²) in [6.07, 6.45) is 1.35. The topological polar surface area (TPSA) is 53.4 Å². The van der Waals surface area contributed by atoms with Crippen LogP contribution in [0.3, 0.4) is 0 Å². The third-order valence-electron chi connectivity index (χ3n) is 2.48. The zero-order valence-corrected chi connectivity index (χ0v) is 12.3. The maximum absolute atomic E-state index is 11.0. The summed E-state index contributed by atoms with van der Waals surface area (Å²) in [7, 11) is 1.83. The molecule has 4 nitrogen and oxygen atoms in total. The minimum Gasteiger partial charge on any atom is -0.478 e.